The first-order valence-electron chi connectivity index (χ1n) is 10.4. The summed E-state index contributed by atoms with van der Waals surface area (Å²) in [5.74, 6) is -13.8. The number of halogens is 5. The smallest absolute Gasteiger partial charge is 0.344 e. The van der Waals surface area contributed by atoms with Crippen LogP contribution in [0, 0.1) is 41.4 Å². The van der Waals surface area contributed by atoms with E-state index in [1.165, 1.54) is 19.1 Å². The third-order valence-electron chi connectivity index (χ3n) is 5.18. The van der Waals surface area contributed by atoms with E-state index in [0.717, 1.165) is 0 Å². The van der Waals surface area contributed by atoms with Gasteiger partial charge >= 0.3 is 5.97 Å². The van der Waals surface area contributed by atoms with Crippen LogP contribution in [0.3, 0.4) is 0 Å². The van der Waals surface area contributed by atoms with Crippen molar-refractivity contribution in [1.29, 1.82) is 0 Å². The summed E-state index contributed by atoms with van der Waals surface area (Å²) in [6.45, 7) is 11.6. The topological polar surface area (TPSA) is 54.0 Å². The molecule has 0 aromatic heterocycles. The van der Waals surface area contributed by atoms with E-state index in [1.54, 1.807) is 0 Å². The number of hydrogen-bond acceptors (Lipinski definition) is 5. The van der Waals surface area contributed by atoms with Gasteiger partial charge in [-0.05, 0) is 37.6 Å². The van der Waals surface area contributed by atoms with Crippen molar-refractivity contribution in [2.45, 2.75) is 53.0 Å². The number of benzene rings is 2. The number of carbonyl (C=O) groups is 1. The van der Waals surface area contributed by atoms with E-state index >= 15 is 0 Å². The van der Waals surface area contributed by atoms with Crippen LogP contribution in [0.5, 0.6) is 17.2 Å². The molecule has 2 atom stereocenters. The fourth-order valence-electron chi connectivity index (χ4n) is 3.54. The lowest BCUT2D eigenvalue weighted by Crippen LogP contribution is -2.49. The van der Waals surface area contributed by atoms with Gasteiger partial charge in [-0.15, -0.1) is 0 Å². The molecule has 185 valence electrons. The summed E-state index contributed by atoms with van der Waals surface area (Å²) >= 11 is 0. The van der Waals surface area contributed by atoms with E-state index in [2.05, 4.69) is 4.74 Å². The molecule has 1 aliphatic rings. The fourth-order valence-corrected chi connectivity index (χ4v) is 4.55. The third kappa shape index (κ3) is 4.90. The van der Waals surface area contributed by atoms with Crippen LogP contribution in [-0.4, -0.2) is 33.8 Å². The Balaban J connectivity index is 1.94. The predicted molar refractivity (Wildman–Crippen MR) is 114 cm³/mol. The second-order valence-electron chi connectivity index (χ2n) is 9.13. The zero-order valence-corrected chi connectivity index (χ0v) is 20.4. The van der Waals surface area contributed by atoms with Crippen LogP contribution in [0.4, 0.5) is 22.0 Å². The van der Waals surface area contributed by atoms with Crippen LogP contribution in [0.15, 0.2) is 12.1 Å². The highest BCUT2D eigenvalue weighted by atomic mass is 28.3. The van der Waals surface area contributed by atoms with E-state index in [9.17, 15) is 26.7 Å². The summed E-state index contributed by atoms with van der Waals surface area (Å²) in [6.07, 6.45) is -0.861. The average Bonchev–Trinajstić information content (AvgIpc) is 2.77. The van der Waals surface area contributed by atoms with Gasteiger partial charge in [0.2, 0.25) is 43.9 Å². The molecule has 0 fully saturated rings. The average molecular weight is 504 g/mol. The Hall–Kier alpha value is -2.66. The van der Waals surface area contributed by atoms with Crippen LogP contribution in [0.1, 0.15) is 36.7 Å². The molecule has 0 amide bonds. The van der Waals surface area contributed by atoms with Gasteiger partial charge in [0, 0.05) is 5.56 Å². The lowest BCUT2D eigenvalue weighted by Gasteiger charge is -2.40. The van der Waals surface area contributed by atoms with Crippen LogP contribution in [-0.2, 0) is 4.43 Å². The minimum atomic E-state index is -2.35. The molecule has 11 heteroatoms. The molecule has 0 N–H and O–H groups in total. The summed E-state index contributed by atoms with van der Waals surface area (Å²) in [7, 11) is -1.09. The van der Waals surface area contributed by atoms with E-state index < -0.39 is 55.9 Å². The molecule has 2 aromatic rings. The molecule has 1 heterocycles. The van der Waals surface area contributed by atoms with Crippen molar-refractivity contribution in [1.82, 2.24) is 0 Å². The van der Waals surface area contributed by atoms with Gasteiger partial charge in [0.15, 0.2) is 17.6 Å². The molecule has 0 saturated carbocycles. The van der Waals surface area contributed by atoms with Crippen molar-refractivity contribution >= 4 is 15.0 Å². The van der Waals surface area contributed by atoms with Gasteiger partial charge in [0.05, 0.1) is 11.7 Å². The first kappa shape index (κ1) is 26.0. The Kier molecular flexibility index (Phi) is 7.28. The molecule has 2 unspecified atom stereocenters. The number of fused-ring (bicyclic) bond motifs is 1. The summed E-state index contributed by atoms with van der Waals surface area (Å²) in [5, 5.41) is 0. The van der Waals surface area contributed by atoms with Crippen LogP contribution >= 0.6 is 0 Å². The van der Waals surface area contributed by atoms with Gasteiger partial charge in [-0.3, -0.25) is 0 Å². The Labute approximate surface area is 195 Å². The number of esters is 1. The van der Waals surface area contributed by atoms with Crippen LogP contribution < -0.4 is 14.2 Å². The second kappa shape index (κ2) is 9.53. The molecule has 0 bridgehead atoms. The highest BCUT2D eigenvalue weighted by Gasteiger charge is 2.39. The zero-order valence-electron chi connectivity index (χ0n) is 19.4. The molecule has 1 radical (unpaired) electrons. The molecule has 34 heavy (non-hydrogen) atoms. The summed E-state index contributed by atoms with van der Waals surface area (Å²) in [4.78, 5) is 12.6. The molecular formula is C23H24F5O5Si. The maximum atomic E-state index is 14.0. The second-order valence-corrected chi connectivity index (χ2v) is 11.2. The monoisotopic (exact) mass is 503 g/mol. The minimum Gasteiger partial charge on any atom is -0.486 e. The van der Waals surface area contributed by atoms with Crippen molar-refractivity contribution in [2.24, 2.45) is 5.41 Å². The number of rotatable bonds is 5. The third-order valence-corrected chi connectivity index (χ3v) is 5.91. The molecule has 2 aromatic carbocycles. The Morgan fingerprint density at radius 3 is 2.12 bits per heavy atom. The normalized spacial score (nSPS) is 16.5. The molecule has 1 aliphatic heterocycles. The minimum absolute atomic E-state index is 0.192. The van der Waals surface area contributed by atoms with Crippen LogP contribution in [0.25, 0.3) is 0 Å². The van der Waals surface area contributed by atoms with Crippen molar-refractivity contribution in [3.05, 3.63) is 52.3 Å². The molecular weight excluding hydrogens is 479 g/mol. The van der Waals surface area contributed by atoms with Crippen molar-refractivity contribution in [2.75, 3.05) is 6.61 Å². The van der Waals surface area contributed by atoms with Crippen molar-refractivity contribution < 1.29 is 45.4 Å². The lowest BCUT2D eigenvalue weighted by molar-refractivity contribution is -0.0477. The van der Waals surface area contributed by atoms with E-state index in [-0.39, 0.29) is 35.0 Å². The number of carbonyl (C=O) groups excluding carboxylic acids is 1. The first-order chi connectivity index (χ1) is 15.7. The molecule has 3 rings (SSSR count). The highest BCUT2D eigenvalue weighted by molar-refractivity contribution is 6.48. The van der Waals surface area contributed by atoms with Crippen molar-refractivity contribution in [3.63, 3.8) is 0 Å². The van der Waals surface area contributed by atoms with Gasteiger partial charge in [0.25, 0.3) is 0 Å². The maximum absolute atomic E-state index is 14.0. The first-order valence-corrected chi connectivity index (χ1v) is 12.8. The number of hydrogen-bond donors (Lipinski definition) is 0. The van der Waals surface area contributed by atoms with Gasteiger partial charge in [0.1, 0.15) is 6.61 Å². The van der Waals surface area contributed by atoms with Crippen molar-refractivity contribution in [3.8, 4) is 17.2 Å². The quantitative estimate of drug-likeness (QED) is 0.130. The molecule has 5 nitrogen and oxygen atoms in total. The summed E-state index contributed by atoms with van der Waals surface area (Å²) in [5.41, 5.74) is -0.290. The Morgan fingerprint density at radius 1 is 1.03 bits per heavy atom. The molecule has 0 aliphatic carbocycles. The highest BCUT2D eigenvalue weighted by Crippen LogP contribution is 2.40. The van der Waals surface area contributed by atoms with Gasteiger partial charge in [-0.2, -0.15) is 8.78 Å². The zero-order chi connectivity index (χ0) is 25.5. The SMILES string of the molecule is Cc1c(C(=O)Oc2c(F)c(F)c(F)c(F)c2F)ccc2c1OC(C(O[Si](C)C)C(C)(C)C)CO2. The Morgan fingerprint density at radius 2 is 1.59 bits per heavy atom. The van der Waals surface area contributed by atoms with Gasteiger partial charge < -0.3 is 18.6 Å². The van der Waals surface area contributed by atoms with Crippen LogP contribution in [0.2, 0.25) is 13.1 Å². The Bertz CT molecular complexity index is 1090. The van der Waals surface area contributed by atoms with Gasteiger partial charge in [-0.1, -0.05) is 20.8 Å². The molecule has 0 saturated heterocycles. The predicted octanol–water partition coefficient (Wildman–Crippen LogP) is 5.73. The van der Waals surface area contributed by atoms with E-state index in [1.807, 2.05) is 33.9 Å². The lowest BCUT2D eigenvalue weighted by atomic mass is 9.85. The summed E-state index contributed by atoms with van der Waals surface area (Å²) in [6, 6.07) is 2.65. The number of ether oxygens (including phenoxy) is 3. The van der Waals surface area contributed by atoms with E-state index in [4.69, 9.17) is 13.9 Å². The largest absolute Gasteiger partial charge is 0.486 e. The molecule has 0 spiro atoms. The van der Waals surface area contributed by atoms with Gasteiger partial charge in [-0.25, -0.2) is 18.0 Å². The standard InChI is InChI=1S/C23H24F5O5Si/c1-10-11(22(29)32-20-17(27)15(25)14(24)16(26)18(20)28)7-8-12-19(10)31-13(9-30-12)21(23(2,3)4)33-34(5)6/h7-8,13,21H,9H2,1-6H3. The van der Waals surface area contributed by atoms with E-state index in [0.29, 0.717) is 5.75 Å². The fraction of sp³-hybridized carbons (Fsp3) is 0.435. The summed E-state index contributed by atoms with van der Waals surface area (Å²) < 4.78 is 90.8. The maximum Gasteiger partial charge on any atom is 0.344 e.